The number of benzene rings is 2. The molecule has 2 N–H and O–H groups in total. The highest BCUT2D eigenvalue weighted by atomic mass is 32.2. The summed E-state index contributed by atoms with van der Waals surface area (Å²) in [5.74, 6) is -1.32. The molecule has 26 heavy (non-hydrogen) atoms. The average Bonchev–Trinajstić information content (AvgIpc) is 3.32. The number of alkyl halides is 3. The van der Waals surface area contributed by atoms with E-state index in [1.165, 1.54) is 12.1 Å². The molecule has 0 radical (unpaired) electrons. The third-order valence-electron chi connectivity index (χ3n) is 4.26. The largest absolute Gasteiger partial charge is 0.493 e. The van der Waals surface area contributed by atoms with E-state index in [1.807, 2.05) is 0 Å². The molecule has 9 heteroatoms. The van der Waals surface area contributed by atoms with Gasteiger partial charge in [0.1, 0.15) is 17.1 Å². The topological polar surface area (TPSA) is 69.4 Å². The molecule has 0 aromatic heterocycles. The summed E-state index contributed by atoms with van der Waals surface area (Å²) in [5, 5.41) is 5.03. The van der Waals surface area contributed by atoms with Crippen LogP contribution < -0.4 is 9.88 Å². The Hall–Kier alpha value is -2.13. The van der Waals surface area contributed by atoms with Gasteiger partial charge in [0.2, 0.25) is 10.0 Å². The van der Waals surface area contributed by atoms with E-state index in [9.17, 15) is 26.0 Å². The molecule has 2 aromatic rings. The first-order chi connectivity index (χ1) is 12.1. The quantitative estimate of drug-likeness (QED) is 0.794. The number of rotatable bonds is 5. The van der Waals surface area contributed by atoms with Gasteiger partial charge in [-0.25, -0.2) is 17.9 Å². The second-order valence-electron chi connectivity index (χ2n) is 6.17. The standard InChI is InChI=1S/C17H15F4NO3S/c18-12-3-6-16(15(8-12)17(19,20)21)25-9-11-7-14(11)10-1-4-13(5-2-10)26(22,23)24/h1-6,8,11,14H,7,9H2,(H2,22,23,24)/t11-,14-/m1/s1. The first-order valence-corrected chi connectivity index (χ1v) is 9.22. The number of nitrogens with two attached hydrogens (primary N) is 1. The molecule has 1 fully saturated rings. The van der Waals surface area contributed by atoms with Gasteiger partial charge in [-0.1, -0.05) is 12.1 Å². The van der Waals surface area contributed by atoms with Gasteiger partial charge in [-0.05, 0) is 48.2 Å². The predicted octanol–water partition coefficient (Wildman–Crippen LogP) is 3.67. The Labute approximate surface area is 147 Å². The molecule has 0 spiro atoms. The van der Waals surface area contributed by atoms with Crippen LogP contribution in [0.3, 0.4) is 0 Å². The molecule has 1 saturated carbocycles. The molecule has 0 saturated heterocycles. The first kappa shape index (κ1) is 18.7. The predicted molar refractivity (Wildman–Crippen MR) is 85.6 cm³/mol. The monoisotopic (exact) mass is 389 g/mol. The molecule has 1 aliphatic carbocycles. The van der Waals surface area contributed by atoms with Crippen LogP contribution in [-0.2, 0) is 16.2 Å². The van der Waals surface area contributed by atoms with Gasteiger partial charge in [-0.3, -0.25) is 0 Å². The van der Waals surface area contributed by atoms with E-state index in [0.29, 0.717) is 12.5 Å². The Balaban J connectivity index is 1.65. The van der Waals surface area contributed by atoms with Crippen molar-refractivity contribution in [3.63, 3.8) is 0 Å². The Morgan fingerprint density at radius 2 is 1.77 bits per heavy atom. The van der Waals surface area contributed by atoms with Crippen molar-refractivity contribution in [3.8, 4) is 5.75 Å². The van der Waals surface area contributed by atoms with Gasteiger partial charge in [0.25, 0.3) is 0 Å². The van der Waals surface area contributed by atoms with Gasteiger partial charge in [0.05, 0.1) is 11.5 Å². The van der Waals surface area contributed by atoms with E-state index in [0.717, 1.165) is 17.7 Å². The van der Waals surface area contributed by atoms with Crippen LogP contribution in [0.5, 0.6) is 5.75 Å². The van der Waals surface area contributed by atoms with Gasteiger partial charge >= 0.3 is 6.18 Å². The van der Waals surface area contributed by atoms with Gasteiger partial charge < -0.3 is 4.74 Å². The van der Waals surface area contributed by atoms with Crippen LogP contribution in [0.25, 0.3) is 0 Å². The summed E-state index contributed by atoms with van der Waals surface area (Å²) >= 11 is 0. The van der Waals surface area contributed by atoms with Crippen LogP contribution in [-0.4, -0.2) is 15.0 Å². The molecular formula is C17H15F4NO3S. The van der Waals surface area contributed by atoms with Gasteiger partial charge in [-0.15, -0.1) is 0 Å². The zero-order valence-corrected chi connectivity index (χ0v) is 14.1. The second kappa shape index (κ2) is 6.55. The van der Waals surface area contributed by atoms with Gasteiger partial charge in [0, 0.05) is 5.92 Å². The number of halogens is 4. The lowest BCUT2D eigenvalue weighted by atomic mass is 10.1. The molecule has 0 unspecified atom stereocenters. The third kappa shape index (κ3) is 4.16. The number of sulfonamides is 1. The van der Waals surface area contributed by atoms with Crippen LogP contribution in [0.2, 0.25) is 0 Å². The highest BCUT2D eigenvalue weighted by molar-refractivity contribution is 7.89. The molecule has 2 atom stereocenters. The highest BCUT2D eigenvalue weighted by Crippen LogP contribution is 2.48. The molecule has 0 bridgehead atoms. The lowest BCUT2D eigenvalue weighted by molar-refractivity contribution is -0.139. The first-order valence-electron chi connectivity index (χ1n) is 7.68. The maximum absolute atomic E-state index is 13.1. The normalized spacial score (nSPS) is 20.0. The molecule has 140 valence electrons. The molecule has 0 amide bonds. The molecule has 0 aliphatic heterocycles. The summed E-state index contributed by atoms with van der Waals surface area (Å²) in [4.78, 5) is -0.00386. The summed E-state index contributed by atoms with van der Waals surface area (Å²) < 4.78 is 79.6. The summed E-state index contributed by atoms with van der Waals surface area (Å²) in [5.41, 5.74) is -0.284. The molecule has 2 aromatic carbocycles. The minimum Gasteiger partial charge on any atom is -0.493 e. The van der Waals surface area contributed by atoms with E-state index in [4.69, 9.17) is 9.88 Å². The van der Waals surface area contributed by atoms with E-state index in [2.05, 4.69) is 0 Å². The fraction of sp³-hybridized carbons (Fsp3) is 0.294. The number of primary sulfonamides is 1. The number of hydrogen-bond acceptors (Lipinski definition) is 3. The van der Waals surface area contributed by atoms with Crippen LogP contribution in [0, 0.1) is 11.7 Å². The molecular weight excluding hydrogens is 374 g/mol. The zero-order chi connectivity index (χ0) is 19.1. The Morgan fingerprint density at radius 1 is 1.12 bits per heavy atom. The summed E-state index contributed by atoms with van der Waals surface area (Å²) in [6.45, 7) is 0.0519. The highest BCUT2D eigenvalue weighted by Gasteiger charge is 2.40. The maximum Gasteiger partial charge on any atom is 0.420 e. The van der Waals surface area contributed by atoms with E-state index in [-0.39, 0.29) is 23.3 Å². The van der Waals surface area contributed by atoms with Crippen molar-refractivity contribution in [1.82, 2.24) is 0 Å². The fourth-order valence-electron chi connectivity index (χ4n) is 2.79. The lowest BCUT2D eigenvalue weighted by Gasteiger charge is -2.14. The summed E-state index contributed by atoms with van der Waals surface area (Å²) in [6.07, 6.45) is -4.00. The molecule has 4 nitrogen and oxygen atoms in total. The van der Waals surface area contributed by atoms with Crippen molar-refractivity contribution in [2.75, 3.05) is 6.61 Å². The second-order valence-corrected chi connectivity index (χ2v) is 7.73. The van der Waals surface area contributed by atoms with Gasteiger partial charge in [0.15, 0.2) is 0 Å². The van der Waals surface area contributed by atoms with Crippen molar-refractivity contribution in [2.24, 2.45) is 11.1 Å². The van der Waals surface area contributed by atoms with E-state index >= 15 is 0 Å². The minimum absolute atomic E-state index is 0.00136. The third-order valence-corrected chi connectivity index (χ3v) is 5.19. The molecule has 1 aliphatic rings. The van der Waals surface area contributed by atoms with E-state index in [1.54, 1.807) is 12.1 Å². The number of ether oxygens (including phenoxy) is 1. The molecule has 0 heterocycles. The van der Waals surface area contributed by atoms with Crippen molar-refractivity contribution in [2.45, 2.75) is 23.4 Å². The number of hydrogen-bond donors (Lipinski definition) is 1. The SMILES string of the molecule is NS(=O)(=O)c1ccc([C@H]2C[C@@H]2COc2ccc(F)cc2C(F)(F)F)cc1. The average molecular weight is 389 g/mol. The van der Waals surface area contributed by atoms with Crippen LogP contribution in [0.4, 0.5) is 17.6 Å². The minimum atomic E-state index is -4.70. The summed E-state index contributed by atoms with van der Waals surface area (Å²) in [6, 6.07) is 8.33. The van der Waals surface area contributed by atoms with Crippen molar-refractivity contribution in [3.05, 3.63) is 59.4 Å². The Bertz CT molecular complexity index is 911. The van der Waals surface area contributed by atoms with Crippen molar-refractivity contribution >= 4 is 10.0 Å². The van der Waals surface area contributed by atoms with Crippen molar-refractivity contribution < 1.29 is 30.7 Å². The molecule has 3 rings (SSSR count). The summed E-state index contributed by atoms with van der Waals surface area (Å²) in [7, 11) is -3.77. The van der Waals surface area contributed by atoms with Crippen LogP contribution in [0.15, 0.2) is 47.4 Å². The smallest absolute Gasteiger partial charge is 0.420 e. The van der Waals surface area contributed by atoms with E-state index < -0.39 is 33.3 Å². The van der Waals surface area contributed by atoms with Gasteiger partial charge in [-0.2, -0.15) is 13.2 Å². The fourth-order valence-corrected chi connectivity index (χ4v) is 3.31. The van der Waals surface area contributed by atoms with Crippen LogP contribution in [0.1, 0.15) is 23.5 Å². The Morgan fingerprint density at radius 3 is 2.35 bits per heavy atom. The van der Waals surface area contributed by atoms with Crippen LogP contribution >= 0.6 is 0 Å². The maximum atomic E-state index is 13.1. The zero-order valence-electron chi connectivity index (χ0n) is 13.3. The lowest BCUT2D eigenvalue weighted by Crippen LogP contribution is -2.12. The Kier molecular flexibility index (Phi) is 4.70. The van der Waals surface area contributed by atoms with Crippen molar-refractivity contribution in [1.29, 1.82) is 0 Å².